The maximum Gasteiger partial charge on any atom is 0.242 e. The highest BCUT2D eigenvalue weighted by Crippen LogP contribution is 2.20. The number of carbonyl (C=O) groups excluding carboxylic acids is 2. The van der Waals surface area contributed by atoms with Crippen LogP contribution in [-0.4, -0.2) is 57.6 Å². The monoisotopic (exact) mass is 473 g/mol. The lowest BCUT2D eigenvalue weighted by Crippen LogP contribution is -2.48. The Bertz CT molecular complexity index is 1010. The Hall–Kier alpha value is -2.87. The Morgan fingerprint density at radius 2 is 1.61 bits per heavy atom. The number of hydrogen-bond acceptors (Lipinski definition) is 4. The van der Waals surface area contributed by atoms with Gasteiger partial charge in [-0.1, -0.05) is 49.4 Å². The van der Waals surface area contributed by atoms with Crippen molar-refractivity contribution in [2.24, 2.45) is 0 Å². The number of hydrogen-bond donors (Lipinski definition) is 1. The van der Waals surface area contributed by atoms with Crippen molar-refractivity contribution in [2.75, 3.05) is 30.7 Å². The van der Waals surface area contributed by atoms with Gasteiger partial charge in [0, 0.05) is 26.6 Å². The highest BCUT2D eigenvalue weighted by atomic mass is 32.2. The molecule has 180 valence electrons. The van der Waals surface area contributed by atoms with Crippen molar-refractivity contribution in [3.05, 3.63) is 65.7 Å². The zero-order valence-corrected chi connectivity index (χ0v) is 20.8. The molecule has 0 spiro atoms. The minimum atomic E-state index is -3.49. The van der Waals surface area contributed by atoms with Crippen LogP contribution < -0.4 is 9.62 Å². The quantitative estimate of drug-likeness (QED) is 0.513. The molecule has 8 heteroatoms. The third-order valence-corrected chi connectivity index (χ3v) is 6.88. The van der Waals surface area contributed by atoms with Crippen LogP contribution in [0.25, 0.3) is 0 Å². The smallest absolute Gasteiger partial charge is 0.242 e. The molecule has 33 heavy (non-hydrogen) atoms. The molecule has 1 N–H and O–H groups in total. The summed E-state index contributed by atoms with van der Waals surface area (Å²) in [6.45, 7) is 4.35. The number of anilines is 1. The Morgan fingerprint density at radius 3 is 2.15 bits per heavy atom. The molecular weight excluding hydrogens is 438 g/mol. The van der Waals surface area contributed by atoms with E-state index in [0.717, 1.165) is 17.5 Å². The molecule has 2 amide bonds. The van der Waals surface area contributed by atoms with E-state index in [1.54, 1.807) is 31.0 Å². The summed E-state index contributed by atoms with van der Waals surface area (Å²) in [6, 6.07) is 16.6. The number of amides is 2. The Morgan fingerprint density at radius 1 is 0.970 bits per heavy atom. The number of benzene rings is 2. The van der Waals surface area contributed by atoms with E-state index in [4.69, 9.17) is 0 Å². The average Bonchev–Trinajstić information content (AvgIpc) is 2.81. The minimum absolute atomic E-state index is 0.148. The van der Waals surface area contributed by atoms with E-state index < -0.39 is 16.1 Å². The van der Waals surface area contributed by atoms with Crippen LogP contribution >= 0.6 is 0 Å². The molecule has 0 aliphatic rings. The molecule has 7 nitrogen and oxygen atoms in total. The number of sulfonamides is 1. The first-order chi connectivity index (χ1) is 15.7. The van der Waals surface area contributed by atoms with Gasteiger partial charge in [-0.2, -0.15) is 0 Å². The van der Waals surface area contributed by atoms with E-state index in [2.05, 4.69) is 5.32 Å². The van der Waals surface area contributed by atoms with Crippen molar-refractivity contribution >= 4 is 27.5 Å². The third-order valence-electron chi connectivity index (χ3n) is 5.68. The normalized spacial score (nSPS) is 12.1. The van der Waals surface area contributed by atoms with Crippen molar-refractivity contribution in [3.8, 4) is 0 Å². The molecule has 0 unspecified atom stereocenters. The number of rotatable bonds is 12. The van der Waals surface area contributed by atoms with E-state index in [0.29, 0.717) is 25.1 Å². The lowest BCUT2D eigenvalue weighted by Gasteiger charge is -2.29. The molecule has 0 saturated carbocycles. The average molecular weight is 474 g/mol. The second-order valence-electron chi connectivity index (χ2n) is 8.07. The summed E-state index contributed by atoms with van der Waals surface area (Å²) in [5.41, 5.74) is 2.79. The number of likely N-dealkylation sites (N-methyl/N-ethyl adjacent to an activating group) is 1. The molecule has 1 atom stereocenters. The Kier molecular flexibility index (Phi) is 9.91. The van der Waals surface area contributed by atoms with E-state index >= 15 is 0 Å². The number of carbonyl (C=O) groups is 2. The first-order valence-electron chi connectivity index (χ1n) is 11.3. The lowest BCUT2D eigenvalue weighted by atomic mass is 10.1. The Balaban J connectivity index is 2.07. The third kappa shape index (κ3) is 7.89. The van der Waals surface area contributed by atoms with Gasteiger partial charge in [0.25, 0.3) is 0 Å². The first-order valence-corrected chi connectivity index (χ1v) is 13.1. The largest absolute Gasteiger partial charge is 0.357 e. The first kappa shape index (κ1) is 26.4. The molecule has 0 saturated heterocycles. The molecule has 0 aliphatic carbocycles. The van der Waals surface area contributed by atoms with Gasteiger partial charge in [-0.25, -0.2) is 8.42 Å². The van der Waals surface area contributed by atoms with Crippen LogP contribution in [0.3, 0.4) is 0 Å². The fourth-order valence-corrected chi connectivity index (χ4v) is 4.65. The Labute approximate surface area is 197 Å². The molecule has 0 bridgehead atoms. The van der Waals surface area contributed by atoms with Crippen molar-refractivity contribution < 1.29 is 18.0 Å². The van der Waals surface area contributed by atoms with Gasteiger partial charge in [0.2, 0.25) is 21.8 Å². The maximum absolute atomic E-state index is 13.1. The van der Waals surface area contributed by atoms with E-state index in [-0.39, 0.29) is 24.8 Å². The van der Waals surface area contributed by atoms with Crippen LogP contribution in [0.4, 0.5) is 5.69 Å². The van der Waals surface area contributed by atoms with Crippen LogP contribution in [0.2, 0.25) is 0 Å². The molecule has 2 aromatic rings. The molecule has 0 fully saturated rings. The number of aryl methyl sites for hydroxylation is 1. The SMILES string of the molecule is CCc1ccc(N(CCCC(=O)N(CCc2ccccc2)[C@@H](C)C(=O)NC)S(C)(=O)=O)cc1. The summed E-state index contributed by atoms with van der Waals surface area (Å²) in [7, 11) is -1.94. The molecule has 0 aliphatic heterocycles. The predicted octanol–water partition coefficient (Wildman–Crippen LogP) is 3.00. The highest BCUT2D eigenvalue weighted by Gasteiger charge is 2.25. The predicted molar refractivity (Wildman–Crippen MR) is 133 cm³/mol. The summed E-state index contributed by atoms with van der Waals surface area (Å²) < 4.78 is 26.1. The zero-order valence-electron chi connectivity index (χ0n) is 20.0. The van der Waals surface area contributed by atoms with Gasteiger partial charge in [-0.3, -0.25) is 13.9 Å². The van der Waals surface area contributed by atoms with Gasteiger partial charge in [-0.15, -0.1) is 0 Å². The zero-order chi connectivity index (χ0) is 24.4. The van der Waals surface area contributed by atoms with Crippen molar-refractivity contribution in [3.63, 3.8) is 0 Å². The molecular formula is C25H35N3O4S. The number of nitrogens with zero attached hydrogens (tertiary/aromatic N) is 2. The van der Waals surface area contributed by atoms with Gasteiger partial charge in [-0.05, 0) is 49.4 Å². The van der Waals surface area contributed by atoms with Gasteiger partial charge in [0.1, 0.15) is 6.04 Å². The molecule has 0 heterocycles. The maximum atomic E-state index is 13.1. The molecule has 0 radical (unpaired) electrons. The highest BCUT2D eigenvalue weighted by molar-refractivity contribution is 7.92. The van der Waals surface area contributed by atoms with Crippen molar-refractivity contribution in [2.45, 2.75) is 45.6 Å². The number of nitrogens with one attached hydrogen (secondary N) is 1. The van der Waals surface area contributed by atoms with Crippen LogP contribution in [0.1, 0.15) is 37.8 Å². The summed E-state index contributed by atoms with van der Waals surface area (Å²) in [4.78, 5) is 26.9. The van der Waals surface area contributed by atoms with Crippen molar-refractivity contribution in [1.29, 1.82) is 0 Å². The summed E-state index contributed by atoms with van der Waals surface area (Å²) >= 11 is 0. The van der Waals surface area contributed by atoms with Gasteiger partial charge in [0.05, 0.1) is 11.9 Å². The van der Waals surface area contributed by atoms with Crippen molar-refractivity contribution in [1.82, 2.24) is 10.2 Å². The van der Waals surface area contributed by atoms with Gasteiger partial charge >= 0.3 is 0 Å². The standard InChI is InChI=1S/C25H35N3O4S/c1-5-21-13-15-23(16-14-21)28(33(4,31)32)18-9-12-24(29)27(20(2)25(30)26-3)19-17-22-10-7-6-8-11-22/h6-8,10-11,13-16,20H,5,9,12,17-19H2,1-4H3,(H,26,30)/t20-/m0/s1. The summed E-state index contributed by atoms with van der Waals surface area (Å²) in [6.07, 6.45) is 3.17. The molecule has 2 aromatic carbocycles. The topological polar surface area (TPSA) is 86.8 Å². The lowest BCUT2D eigenvalue weighted by molar-refractivity contribution is -0.139. The minimum Gasteiger partial charge on any atom is -0.357 e. The van der Waals surface area contributed by atoms with Crippen LogP contribution in [0.5, 0.6) is 0 Å². The fraction of sp³-hybridized carbons (Fsp3) is 0.440. The molecule has 0 aromatic heterocycles. The second-order valence-corrected chi connectivity index (χ2v) is 9.98. The van der Waals surface area contributed by atoms with Gasteiger partial charge < -0.3 is 10.2 Å². The van der Waals surface area contributed by atoms with Crippen LogP contribution in [0, 0.1) is 0 Å². The fourth-order valence-electron chi connectivity index (χ4n) is 3.68. The van der Waals surface area contributed by atoms with Crippen LogP contribution in [0.15, 0.2) is 54.6 Å². The van der Waals surface area contributed by atoms with E-state index in [1.165, 1.54) is 10.6 Å². The van der Waals surface area contributed by atoms with E-state index in [1.807, 2.05) is 49.4 Å². The molecule has 2 rings (SSSR count). The second kappa shape index (κ2) is 12.4. The summed E-state index contributed by atoms with van der Waals surface area (Å²) in [5, 5.41) is 2.60. The van der Waals surface area contributed by atoms with Crippen LogP contribution in [-0.2, 0) is 32.5 Å². The summed E-state index contributed by atoms with van der Waals surface area (Å²) in [5.74, 6) is -0.401. The van der Waals surface area contributed by atoms with E-state index in [9.17, 15) is 18.0 Å². The van der Waals surface area contributed by atoms with Gasteiger partial charge in [0.15, 0.2) is 0 Å².